The topological polar surface area (TPSA) is 87.7 Å². The summed E-state index contributed by atoms with van der Waals surface area (Å²) in [6.45, 7) is 7.53. The number of methoxy groups -OCH3 is 1. The number of ether oxygens (including phenoxy) is 1. The van der Waals surface area contributed by atoms with Crippen LogP contribution in [0.3, 0.4) is 0 Å². The molecule has 1 saturated heterocycles. The van der Waals surface area contributed by atoms with E-state index in [-0.39, 0.29) is 11.9 Å². The van der Waals surface area contributed by atoms with Gasteiger partial charge >= 0.3 is 5.97 Å². The molecule has 1 aliphatic rings. The highest BCUT2D eigenvalue weighted by Crippen LogP contribution is 2.23. The molecule has 1 aromatic heterocycles. The molecule has 1 fully saturated rings. The molecule has 178 valence electrons. The van der Waals surface area contributed by atoms with Gasteiger partial charge in [-0.15, -0.1) is 10.2 Å². The van der Waals surface area contributed by atoms with E-state index in [4.69, 9.17) is 4.74 Å². The van der Waals surface area contributed by atoms with Crippen molar-refractivity contribution in [1.82, 2.24) is 15.1 Å². The Morgan fingerprint density at radius 3 is 2.47 bits per heavy atom. The van der Waals surface area contributed by atoms with Gasteiger partial charge in [0.15, 0.2) is 0 Å². The van der Waals surface area contributed by atoms with E-state index in [9.17, 15) is 9.59 Å². The molecule has 0 aliphatic carbocycles. The first kappa shape index (κ1) is 23.8. The van der Waals surface area contributed by atoms with Crippen LogP contribution < -0.4 is 10.2 Å². The van der Waals surface area contributed by atoms with E-state index < -0.39 is 0 Å². The molecule has 0 saturated carbocycles. The fourth-order valence-corrected chi connectivity index (χ4v) is 4.74. The first-order valence-corrected chi connectivity index (χ1v) is 12.2. The van der Waals surface area contributed by atoms with Crippen LogP contribution in [0.2, 0.25) is 0 Å². The van der Waals surface area contributed by atoms with Gasteiger partial charge in [0.2, 0.25) is 5.01 Å². The Kier molecular flexibility index (Phi) is 7.54. The lowest BCUT2D eigenvalue weighted by Gasteiger charge is -2.40. The summed E-state index contributed by atoms with van der Waals surface area (Å²) >= 11 is 1.33. The molecule has 1 unspecified atom stereocenters. The van der Waals surface area contributed by atoms with Gasteiger partial charge in [-0.05, 0) is 55.3 Å². The van der Waals surface area contributed by atoms with Gasteiger partial charge in [0.1, 0.15) is 5.01 Å². The molecule has 1 N–H and O–H groups in total. The lowest BCUT2D eigenvalue weighted by atomic mass is 10.1. The zero-order chi connectivity index (χ0) is 24.1. The van der Waals surface area contributed by atoms with E-state index in [0.29, 0.717) is 23.2 Å². The smallest absolute Gasteiger partial charge is 0.337 e. The normalized spacial score (nSPS) is 16.3. The summed E-state index contributed by atoms with van der Waals surface area (Å²) in [7, 11) is 1.38. The number of benzene rings is 2. The van der Waals surface area contributed by atoms with Crippen molar-refractivity contribution in [2.24, 2.45) is 0 Å². The van der Waals surface area contributed by atoms with Crippen molar-refractivity contribution >= 4 is 34.6 Å². The highest BCUT2D eigenvalue weighted by molar-refractivity contribution is 7.13. The molecular weight excluding hydrogens is 450 g/mol. The third-order valence-electron chi connectivity index (χ3n) is 6.04. The number of aryl methyl sites for hydroxylation is 1. The molecule has 2 heterocycles. The number of carbonyl (C=O) groups is 2. The zero-order valence-electron chi connectivity index (χ0n) is 19.7. The van der Waals surface area contributed by atoms with E-state index in [2.05, 4.69) is 39.2 Å². The molecule has 0 radical (unpaired) electrons. The number of amides is 1. The average molecular weight is 480 g/mol. The van der Waals surface area contributed by atoms with Gasteiger partial charge in [0, 0.05) is 37.1 Å². The molecule has 2 aromatic carbocycles. The summed E-state index contributed by atoms with van der Waals surface area (Å²) in [5, 5.41) is 12.5. The number of hydrogen-bond acceptors (Lipinski definition) is 8. The van der Waals surface area contributed by atoms with Crippen LogP contribution >= 0.6 is 11.3 Å². The largest absolute Gasteiger partial charge is 0.465 e. The van der Waals surface area contributed by atoms with Crippen molar-refractivity contribution in [2.75, 3.05) is 37.0 Å². The van der Waals surface area contributed by atoms with Crippen LogP contribution in [0, 0.1) is 0 Å². The fourth-order valence-electron chi connectivity index (χ4n) is 3.98. The number of aromatic nitrogens is 2. The number of carbonyl (C=O) groups excluding carboxylic acids is 2. The second-order valence-corrected chi connectivity index (χ2v) is 9.37. The fraction of sp³-hybridized carbons (Fsp3) is 0.360. The predicted molar refractivity (Wildman–Crippen MR) is 134 cm³/mol. The molecule has 1 aliphatic heterocycles. The van der Waals surface area contributed by atoms with Crippen LogP contribution in [0.4, 0.5) is 11.4 Å². The Labute approximate surface area is 203 Å². The number of hydrogen-bond donors (Lipinski definition) is 1. The maximum atomic E-state index is 12.6. The van der Waals surface area contributed by atoms with Gasteiger partial charge in [0.25, 0.3) is 5.91 Å². The Hall–Kier alpha value is -3.30. The monoisotopic (exact) mass is 479 g/mol. The van der Waals surface area contributed by atoms with Crippen LogP contribution in [-0.4, -0.2) is 59.8 Å². The molecule has 3 aromatic rings. The molecule has 1 amide bonds. The number of anilines is 2. The summed E-state index contributed by atoms with van der Waals surface area (Å²) in [6, 6.07) is 15.6. The van der Waals surface area contributed by atoms with Crippen LogP contribution in [0.5, 0.6) is 0 Å². The van der Waals surface area contributed by atoms with E-state index in [1.807, 2.05) is 36.4 Å². The number of nitrogens with zero attached hydrogens (tertiary/aromatic N) is 4. The van der Waals surface area contributed by atoms with Crippen molar-refractivity contribution in [3.8, 4) is 0 Å². The Morgan fingerprint density at radius 2 is 1.82 bits per heavy atom. The van der Waals surface area contributed by atoms with Crippen molar-refractivity contribution in [3.05, 3.63) is 69.7 Å². The second-order valence-electron chi connectivity index (χ2n) is 8.31. The minimum Gasteiger partial charge on any atom is -0.465 e. The van der Waals surface area contributed by atoms with Gasteiger partial charge in [-0.2, -0.15) is 0 Å². The number of piperazine rings is 1. The average Bonchev–Trinajstić information content (AvgIpc) is 3.34. The molecule has 0 bridgehead atoms. The summed E-state index contributed by atoms with van der Waals surface area (Å²) in [4.78, 5) is 28.9. The van der Waals surface area contributed by atoms with Crippen LogP contribution in [0.15, 0.2) is 48.5 Å². The highest BCUT2D eigenvalue weighted by Gasteiger charge is 2.25. The second kappa shape index (κ2) is 10.8. The number of nitrogens with one attached hydrogen (secondary N) is 1. The van der Waals surface area contributed by atoms with Crippen molar-refractivity contribution in [2.45, 2.75) is 32.9 Å². The third kappa shape index (κ3) is 5.60. The van der Waals surface area contributed by atoms with Gasteiger partial charge in [0.05, 0.1) is 19.2 Å². The van der Waals surface area contributed by atoms with Crippen LogP contribution in [0.25, 0.3) is 0 Å². The van der Waals surface area contributed by atoms with Gasteiger partial charge < -0.3 is 15.0 Å². The zero-order valence-corrected chi connectivity index (χ0v) is 20.5. The maximum Gasteiger partial charge on any atom is 0.337 e. The minimum atomic E-state index is -0.329. The Balaban J connectivity index is 1.32. The lowest BCUT2D eigenvalue weighted by molar-refractivity contribution is 0.0600. The standard InChI is InChI=1S/C25H29N5O3S/c1-4-18-5-9-20(10-6-18)26-23(31)24-28-27-22(34-24)16-29-13-14-30(15-17(29)2)21-11-7-19(8-12-21)25(32)33-3/h5-12,17H,4,13-16H2,1-3H3,(H,26,31). The Morgan fingerprint density at radius 1 is 1.09 bits per heavy atom. The molecule has 0 spiro atoms. The predicted octanol–water partition coefficient (Wildman–Crippen LogP) is 3.85. The van der Waals surface area contributed by atoms with E-state index in [1.165, 1.54) is 24.0 Å². The van der Waals surface area contributed by atoms with Gasteiger partial charge in [-0.1, -0.05) is 30.4 Å². The number of esters is 1. The number of rotatable bonds is 7. The first-order valence-electron chi connectivity index (χ1n) is 11.4. The highest BCUT2D eigenvalue weighted by atomic mass is 32.1. The van der Waals surface area contributed by atoms with Crippen molar-refractivity contribution < 1.29 is 14.3 Å². The van der Waals surface area contributed by atoms with Crippen LogP contribution in [0.1, 0.15) is 44.6 Å². The van der Waals surface area contributed by atoms with E-state index in [1.54, 1.807) is 12.1 Å². The third-order valence-corrected chi connectivity index (χ3v) is 6.94. The maximum absolute atomic E-state index is 12.6. The SMILES string of the molecule is CCc1ccc(NC(=O)c2nnc(CN3CCN(c4ccc(C(=O)OC)cc4)CC3C)s2)cc1. The van der Waals surface area contributed by atoms with Gasteiger partial charge in [-0.3, -0.25) is 9.69 Å². The summed E-state index contributed by atoms with van der Waals surface area (Å²) in [6.07, 6.45) is 0.961. The minimum absolute atomic E-state index is 0.235. The first-order chi connectivity index (χ1) is 16.5. The lowest BCUT2D eigenvalue weighted by Crippen LogP contribution is -2.51. The van der Waals surface area contributed by atoms with E-state index >= 15 is 0 Å². The molecule has 34 heavy (non-hydrogen) atoms. The molecule has 9 heteroatoms. The summed E-state index contributed by atoms with van der Waals surface area (Å²) in [5.74, 6) is -0.564. The molecular formula is C25H29N5O3S. The van der Waals surface area contributed by atoms with Crippen LogP contribution in [-0.2, 0) is 17.7 Å². The van der Waals surface area contributed by atoms with Crippen molar-refractivity contribution in [1.29, 1.82) is 0 Å². The summed E-state index contributed by atoms with van der Waals surface area (Å²) < 4.78 is 4.77. The van der Waals surface area contributed by atoms with E-state index in [0.717, 1.165) is 42.4 Å². The molecule has 8 nitrogen and oxygen atoms in total. The molecule has 1 atom stereocenters. The quantitative estimate of drug-likeness (QED) is 0.515. The Bertz CT molecular complexity index is 1130. The van der Waals surface area contributed by atoms with Gasteiger partial charge in [-0.25, -0.2) is 4.79 Å². The molecule has 4 rings (SSSR count). The summed E-state index contributed by atoms with van der Waals surface area (Å²) in [5.41, 5.74) is 3.61. The van der Waals surface area contributed by atoms with Crippen molar-refractivity contribution in [3.63, 3.8) is 0 Å².